The highest BCUT2D eigenvalue weighted by atomic mass is 16.6. The molecule has 2 aliphatic rings. The molecule has 1 atom stereocenters. The van der Waals surface area contributed by atoms with E-state index in [9.17, 15) is 14.9 Å². The average molecular weight is 316 g/mol. The van der Waals surface area contributed by atoms with Crippen molar-refractivity contribution in [3.63, 3.8) is 0 Å². The maximum atomic E-state index is 12.3. The maximum absolute atomic E-state index is 12.3. The van der Waals surface area contributed by atoms with E-state index < -0.39 is 4.92 Å². The number of ether oxygens (including phenoxy) is 1. The van der Waals surface area contributed by atoms with E-state index in [0.29, 0.717) is 13.2 Å². The van der Waals surface area contributed by atoms with Gasteiger partial charge in [0.25, 0.3) is 11.6 Å². The van der Waals surface area contributed by atoms with Crippen LogP contribution in [0, 0.1) is 10.1 Å². The van der Waals surface area contributed by atoms with Gasteiger partial charge in [-0.05, 0) is 49.0 Å². The third kappa shape index (κ3) is 2.74. The predicted octanol–water partition coefficient (Wildman–Crippen LogP) is 3.15. The molecule has 1 amide bonds. The van der Waals surface area contributed by atoms with Gasteiger partial charge in [0.05, 0.1) is 11.0 Å². The molecule has 1 heterocycles. The van der Waals surface area contributed by atoms with Crippen LogP contribution >= 0.6 is 0 Å². The number of amides is 1. The Morgan fingerprint density at radius 2 is 2.22 bits per heavy atom. The minimum Gasteiger partial charge on any atom is -0.378 e. The summed E-state index contributed by atoms with van der Waals surface area (Å²) in [5.41, 5.74) is 3.07. The van der Waals surface area contributed by atoms with Crippen LogP contribution in [0.4, 0.5) is 5.69 Å². The number of allylic oxidation sites excluding steroid dienone is 1. The molecule has 0 fully saturated rings. The largest absolute Gasteiger partial charge is 0.378 e. The van der Waals surface area contributed by atoms with E-state index in [4.69, 9.17) is 4.74 Å². The number of nitro benzene ring substituents is 1. The second-order valence-electron chi connectivity index (χ2n) is 5.99. The zero-order chi connectivity index (χ0) is 16.6. The van der Waals surface area contributed by atoms with Gasteiger partial charge in [-0.2, -0.15) is 0 Å². The molecule has 0 radical (unpaired) electrons. The Kier molecular flexibility index (Phi) is 4.17. The summed E-state index contributed by atoms with van der Waals surface area (Å²) in [5.74, 6) is -0.267. The highest BCUT2D eigenvalue weighted by molar-refractivity contribution is 6.03. The van der Waals surface area contributed by atoms with Crippen LogP contribution < -0.4 is 0 Å². The normalized spacial score (nSPS) is 20.4. The summed E-state index contributed by atoms with van der Waals surface area (Å²) in [6.45, 7) is 3.13. The van der Waals surface area contributed by atoms with Gasteiger partial charge in [-0.25, -0.2) is 0 Å². The van der Waals surface area contributed by atoms with Crippen molar-refractivity contribution < 1.29 is 14.5 Å². The van der Waals surface area contributed by atoms with Crippen molar-refractivity contribution in [1.29, 1.82) is 0 Å². The first kappa shape index (κ1) is 15.7. The topological polar surface area (TPSA) is 72.7 Å². The molecule has 1 aromatic carbocycles. The highest BCUT2D eigenvalue weighted by Gasteiger charge is 2.35. The van der Waals surface area contributed by atoms with Crippen LogP contribution in [0.15, 0.2) is 18.2 Å². The molecule has 0 saturated heterocycles. The molecule has 1 aromatic rings. The molecule has 3 rings (SSSR count). The molecule has 1 unspecified atom stereocenters. The third-order valence-electron chi connectivity index (χ3n) is 4.55. The number of nitro groups is 1. The van der Waals surface area contributed by atoms with Crippen molar-refractivity contribution in [2.45, 2.75) is 38.8 Å². The second kappa shape index (κ2) is 6.12. The van der Waals surface area contributed by atoms with E-state index in [-0.39, 0.29) is 23.3 Å². The quantitative estimate of drug-likeness (QED) is 0.632. The molecule has 0 spiro atoms. The Labute approximate surface area is 134 Å². The van der Waals surface area contributed by atoms with Gasteiger partial charge in [0, 0.05) is 26.3 Å². The van der Waals surface area contributed by atoms with Crippen LogP contribution in [0.5, 0.6) is 0 Å². The van der Waals surface area contributed by atoms with Crippen molar-refractivity contribution in [2.24, 2.45) is 0 Å². The third-order valence-corrected chi connectivity index (χ3v) is 4.55. The standard InChI is InChI=1S/C17H20N2O4/c1-3-23-12-6-4-11(5-7-12)13-8-9-15(19(21)22)16-14(13)10-18(2)17(16)20/h4,8-9,12H,3,5-7,10H2,1-2H3. The molecular weight excluding hydrogens is 296 g/mol. The van der Waals surface area contributed by atoms with Crippen LogP contribution in [-0.2, 0) is 11.3 Å². The monoisotopic (exact) mass is 316 g/mol. The SMILES string of the molecule is CCOC1CC=C(c2ccc([N+](=O)[O-])c3c2CN(C)C3=O)CC1. The summed E-state index contributed by atoms with van der Waals surface area (Å²) < 4.78 is 5.65. The van der Waals surface area contributed by atoms with Crippen LogP contribution in [-0.4, -0.2) is 35.5 Å². The van der Waals surface area contributed by atoms with Gasteiger partial charge in [0.1, 0.15) is 5.56 Å². The zero-order valence-corrected chi connectivity index (χ0v) is 13.4. The summed E-state index contributed by atoms with van der Waals surface area (Å²) in [6.07, 6.45) is 5.05. The molecule has 6 nitrogen and oxygen atoms in total. The molecule has 23 heavy (non-hydrogen) atoms. The van der Waals surface area contributed by atoms with Crippen LogP contribution in [0.2, 0.25) is 0 Å². The molecule has 1 aliphatic carbocycles. The van der Waals surface area contributed by atoms with Crippen LogP contribution in [0.1, 0.15) is 47.7 Å². The van der Waals surface area contributed by atoms with Gasteiger partial charge in [0.2, 0.25) is 0 Å². The minimum atomic E-state index is -0.472. The maximum Gasteiger partial charge on any atom is 0.282 e. The predicted molar refractivity (Wildman–Crippen MR) is 86.1 cm³/mol. The Balaban J connectivity index is 2.00. The van der Waals surface area contributed by atoms with Crippen LogP contribution in [0.3, 0.4) is 0 Å². The van der Waals surface area contributed by atoms with Gasteiger partial charge in [0.15, 0.2) is 0 Å². The summed E-state index contributed by atoms with van der Waals surface area (Å²) in [7, 11) is 1.68. The summed E-state index contributed by atoms with van der Waals surface area (Å²) >= 11 is 0. The number of hydrogen-bond donors (Lipinski definition) is 0. The molecule has 0 aromatic heterocycles. The second-order valence-corrected chi connectivity index (χ2v) is 5.99. The van der Waals surface area contributed by atoms with E-state index in [2.05, 4.69) is 6.08 Å². The lowest BCUT2D eigenvalue weighted by molar-refractivity contribution is -0.385. The van der Waals surface area contributed by atoms with Gasteiger partial charge in [-0.15, -0.1) is 0 Å². The number of carbonyl (C=O) groups excluding carboxylic acids is 1. The van der Waals surface area contributed by atoms with Crippen LogP contribution in [0.25, 0.3) is 5.57 Å². The first-order chi connectivity index (χ1) is 11.0. The van der Waals surface area contributed by atoms with Gasteiger partial charge in [-0.3, -0.25) is 14.9 Å². The van der Waals surface area contributed by atoms with E-state index in [1.807, 2.05) is 6.92 Å². The summed E-state index contributed by atoms with van der Waals surface area (Å²) in [6, 6.07) is 3.25. The van der Waals surface area contributed by atoms with E-state index in [1.165, 1.54) is 11.0 Å². The smallest absolute Gasteiger partial charge is 0.282 e. The Hall–Kier alpha value is -2.21. The van der Waals surface area contributed by atoms with Crippen molar-refractivity contribution >= 4 is 17.2 Å². The van der Waals surface area contributed by atoms with Crippen molar-refractivity contribution in [2.75, 3.05) is 13.7 Å². The number of hydrogen-bond acceptors (Lipinski definition) is 4. The number of fused-ring (bicyclic) bond motifs is 1. The van der Waals surface area contributed by atoms with Gasteiger partial charge >= 0.3 is 0 Å². The zero-order valence-electron chi connectivity index (χ0n) is 13.4. The molecule has 0 N–H and O–H groups in total. The van der Waals surface area contributed by atoms with E-state index in [0.717, 1.165) is 36.0 Å². The number of nitrogens with zero attached hydrogens (tertiary/aromatic N) is 2. The fourth-order valence-corrected chi connectivity index (χ4v) is 3.43. The Bertz CT molecular complexity index is 696. The molecule has 122 valence electrons. The molecule has 1 aliphatic heterocycles. The molecule has 0 saturated carbocycles. The first-order valence-corrected chi connectivity index (χ1v) is 7.89. The molecular formula is C17H20N2O4. The fourth-order valence-electron chi connectivity index (χ4n) is 3.43. The summed E-state index contributed by atoms with van der Waals surface area (Å²) in [4.78, 5) is 24.6. The van der Waals surface area contributed by atoms with E-state index in [1.54, 1.807) is 13.1 Å². The van der Waals surface area contributed by atoms with Crippen molar-refractivity contribution in [1.82, 2.24) is 4.90 Å². The van der Waals surface area contributed by atoms with Crippen molar-refractivity contribution in [3.05, 3.63) is 45.0 Å². The molecule has 6 heteroatoms. The minimum absolute atomic E-state index is 0.0956. The summed E-state index contributed by atoms with van der Waals surface area (Å²) in [5, 5.41) is 11.2. The van der Waals surface area contributed by atoms with Crippen molar-refractivity contribution in [3.8, 4) is 0 Å². The molecule has 0 bridgehead atoms. The van der Waals surface area contributed by atoms with Gasteiger partial charge < -0.3 is 9.64 Å². The average Bonchev–Trinajstić information content (AvgIpc) is 2.83. The first-order valence-electron chi connectivity index (χ1n) is 7.89. The van der Waals surface area contributed by atoms with Gasteiger partial charge in [-0.1, -0.05) is 6.08 Å². The Morgan fingerprint density at radius 1 is 1.43 bits per heavy atom. The lowest BCUT2D eigenvalue weighted by Crippen LogP contribution is -2.18. The Morgan fingerprint density at radius 3 is 2.83 bits per heavy atom. The number of rotatable bonds is 4. The van der Waals surface area contributed by atoms with E-state index >= 15 is 0 Å². The number of benzene rings is 1. The number of carbonyl (C=O) groups is 1. The lowest BCUT2D eigenvalue weighted by Gasteiger charge is -2.23. The fraction of sp³-hybridized carbons (Fsp3) is 0.471. The highest BCUT2D eigenvalue weighted by Crippen LogP contribution is 2.38. The lowest BCUT2D eigenvalue weighted by atomic mass is 9.88.